The van der Waals surface area contributed by atoms with Crippen molar-refractivity contribution in [1.82, 2.24) is 0 Å². The number of aryl methyl sites for hydroxylation is 2. The molecule has 0 aliphatic carbocycles. The quantitative estimate of drug-likeness (QED) is 0.529. The van der Waals surface area contributed by atoms with Crippen molar-refractivity contribution in [2.45, 2.75) is 13.8 Å². The number of ether oxygens (including phenoxy) is 1. The van der Waals surface area contributed by atoms with Gasteiger partial charge in [-0.25, -0.2) is 4.79 Å². The molecule has 0 spiro atoms. The average molecular weight is 300 g/mol. The number of para-hydroxylation sites is 1. The van der Waals surface area contributed by atoms with Gasteiger partial charge in [0.05, 0.1) is 0 Å². The van der Waals surface area contributed by atoms with E-state index in [4.69, 9.17) is 4.74 Å². The van der Waals surface area contributed by atoms with E-state index >= 15 is 0 Å². The van der Waals surface area contributed by atoms with Gasteiger partial charge in [-0.3, -0.25) is 4.79 Å². The minimum Gasteiger partial charge on any atom is -0.618 e. The molecule has 114 valence electrons. The van der Waals surface area contributed by atoms with E-state index in [0.717, 1.165) is 11.1 Å². The van der Waals surface area contributed by atoms with Gasteiger partial charge in [0, 0.05) is 17.8 Å². The van der Waals surface area contributed by atoms with Crippen LogP contribution in [0.25, 0.3) is 0 Å². The Kier molecular flexibility index (Phi) is 4.73. The van der Waals surface area contributed by atoms with Crippen LogP contribution in [0, 0.1) is 19.1 Å². The van der Waals surface area contributed by atoms with Gasteiger partial charge in [0.2, 0.25) is 0 Å². The first-order valence-electron chi connectivity index (χ1n) is 6.70. The molecule has 0 bridgehead atoms. The highest BCUT2D eigenvalue weighted by Gasteiger charge is 2.18. The van der Waals surface area contributed by atoms with Gasteiger partial charge in [0.15, 0.2) is 12.8 Å². The molecule has 0 saturated carbocycles. The number of pyridine rings is 1. The summed E-state index contributed by atoms with van der Waals surface area (Å²) in [5.74, 6) is -1.30. The van der Waals surface area contributed by atoms with Gasteiger partial charge in [-0.05, 0) is 31.0 Å². The van der Waals surface area contributed by atoms with E-state index in [0.29, 0.717) is 10.4 Å². The molecule has 22 heavy (non-hydrogen) atoms. The summed E-state index contributed by atoms with van der Waals surface area (Å²) in [5.41, 5.74) is 2.37. The number of nitrogens with zero attached hydrogens (tertiary/aromatic N) is 1. The zero-order valence-corrected chi connectivity index (χ0v) is 12.3. The van der Waals surface area contributed by atoms with Crippen LogP contribution >= 0.6 is 0 Å². The number of aromatic nitrogens is 1. The molecule has 1 N–H and O–H groups in total. The number of rotatable bonds is 4. The van der Waals surface area contributed by atoms with Gasteiger partial charge >= 0.3 is 11.7 Å². The van der Waals surface area contributed by atoms with Crippen LogP contribution in [-0.4, -0.2) is 18.5 Å². The molecule has 0 aliphatic rings. The number of benzene rings is 1. The van der Waals surface area contributed by atoms with Crippen LogP contribution in [0.5, 0.6) is 0 Å². The molecule has 1 aromatic heterocycles. The Morgan fingerprint density at radius 3 is 2.45 bits per heavy atom. The van der Waals surface area contributed by atoms with Crippen molar-refractivity contribution in [2.75, 3.05) is 11.9 Å². The zero-order chi connectivity index (χ0) is 16.1. The van der Waals surface area contributed by atoms with Crippen molar-refractivity contribution in [3.63, 3.8) is 0 Å². The summed E-state index contributed by atoms with van der Waals surface area (Å²) in [5, 5.41) is 14.1. The number of anilines is 1. The smallest absolute Gasteiger partial charge is 0.405 e. The van der Waals surface area contributed by atoms with Crippen LogP contribution in [0.2, 0.25) is 0 Å². The van der Waals surface area contributed by atoms with Crippen molar-refractivity contribution in [2.24, 2.45) is 0 Å². The fourth-order valence-corrected chi connectivity index (χ4v) is 1.98. The maximum atomic E-state index is 11.9. The molecule has 1 heterocycles. The molecule has 0 fully saturated rings. The first kappa shape index (κ1) is 15.5. The molecule has 0 atom stereocenters. The third-order valence-corrected chi connectivity index (χ3v) is 3.11. The Bertz CT molecular complexity index is 693. The number of carbonyl (C=O) groups is 2. The summed E-state index contributed by atoms with van der Waals surface area (Å²) < 4.78 is 5.25. The minimum atomic E-state index is -0.841. The van der Waals surface area contributed by atoms with Crippen LogP contribution < -0.4 is 10.0 Å². The molecule has 2 rings (SSSR count). The van der Waals surface area contributed by atoms with E-state index in [1.807, 2.05) is 32.0 Å². The Balaban J connectivity index is 1.96. The van der Waals surface area contributed by atoms with Gasteiger partial charge in [-0.15, -0.1) is 0 Å². The summed E-state index contributed by atoms with van der Waals surface area (Å²) in [6, 6.07) is 10.0. The van der Waals surface area contributed by atoms with Crippen LogP contribution in [0.1, 0.15) is 21.6 Å². The Morgan fingerprint density at radius 2 is 1.82 bits per heavy atom. The highest BCUT2D eigenvalue weighted by Crippen LogP contribution is 2.19. The monoisotopic (exact) mass is 300 g/mol. The van der Waals surface area contributed by atoms with Gasteiger partial charge in [0.1, 0.15) is 0 Å². The van der Waals surface area contributed by atoms with Crippen molar-refractivity contribution in [1.29, 1.82) is 0 Å². The molecule has 2 aromatic rings. The Morgan fingerprint density at radius 1 is 1.14 bits per heavy atom. The predicted octanol–water partition coefficient (Wildman–Crippen LogP) is 1.73. The third kappa shape index (κ3) is 3.60. The molecular weight excluding hydrogens is 284 g/mol. The maximum Gasteiger partial charge on any atom is 0.405 e. The maximum absolute atomic E-state index is 11.9. The van der Waals surface area contributed by atoms with Gasteiger partial charge in [0.25, 0.3) is 5.91 Å². The number of hydrogen-bond donors (Lipinski definition) is 1. The summed E-state index contributed by atoms with van der Waals surface area (Å²) >= 11 is 0. The number of carbonyl (C=O) groups excluding carboxylic acids is 2. The van der Waals surface area contributed by atoms with E-state index in [2.05, 4.69) is 5.32 Å². The molecule has 0 unspecified atom stereocenters. The van der Waals surface area contributed by atoms with Crippen LogP contribution in [0.3, 0.4) is 0 Å². The van der Waals surface area contributed by atoms with E-state index in [1.54, 1.807) is 6.07 Å². The third-order valence-electron chi connectivity index (χ3n) is 3.11. The summed E-state index contributed by atoms with van der Waals surface area (Å²) in [7, 11) is 0. The summed E-state index contributed by atoms with van der Waals surface area (Å²) in [6.07, 6.45) is 1.19. The lowest BCUT2D eigenvalue weighted by Crippen LogP contribution is -2.35. The van der Waals surface area contributed by atoms with Crippen LogP contribution in [0.4, 0.5) is 5.69 Å². The Labute approximate surface area is 127 Å². The molecule has 0 saturated heterocycles. The highest BCUT2D eigenvalue weighted by atomic mass is 16.5. The molecule has 6 nitrogen and oxygen atoms in total. The molecule has 0 radical (unpaired) electrons. The fraction of sp³-hybridized carbons (Fsp3) is 0.188. The molecule has 0 aliphatic heterocycles. The first-order valence-corrected chi connectivity index (χ1v) is 6.70. The van der Waals surface area contributed by atoms with E-state index in [-0.39, 0.29) is 5.69 Å². The van der Waals surface area contributed by atoms with Crippen molar-refractivity contribution in [3.05, 3.63) is 64.6 Å². The minimum absolute atomic E-state index is 0.164. The standard InChI is InChI=1S/C16H16N2O4/c1-11-6-5-7-12(2)15(11)17-14(19)10-22-16(20)13-8-3-4-9-18(13)21/h3-9H,10H2,1-2H3,(H,17,19). The van der Waals surface area contributed by atoms with Crippen molar-refractivity contribution in [3.8, 4) is 0 Å². The number of nitrogens with one attached hydrogen (secondary N) is 1. The van der Waals surface area contributed by atoms with E-state index < -0.39 is 18.5 Å². The number of esters is 1. The normalized spacial score (nSPS) is 10.1. The van der Waals surface area contributed by atoms with Gasteiger partial charge in [-0.2, -0.15) is 4.73 Å². The highest BCUT2D eigenvalue weighted by molar-refractivity contribution is 5.95. The summed E-state index contributed by atoms with van der Waals surface area (Å²) in [6.45, 7) is 3.29. The first-order chi connectivity index (χ1) is 10.5. The molecule has 1 amide bonds. The second-order valence-electron chi connectivity index (χ2n) is 4.80. The molecule has 6 heteroatoms. The summed E-state index contributed by atoms with van der Waals surface area (Å²) in [4.78, 5) is 23.6. The molecule has 1 aromatic carbocycles. The fourth-order valence-electron chi connectivity index (χ4n) is 1.98. The lowest BCUT2D eigenvalue weighted by Gasteiger charge is -2.11. The van der Waals surface area contributed by atoms with Crippen LogP contribution in [-0.2, 0) is 9.53 Å². The van der Waals surface area contributed by atoms with Crippen molar-refractivity contribution >= 4 is 17.6 Å². The predicted molar refractivity (Wildman–Crippen MR) is 80.2 cm³/mol. The lowest BCUT2D eigenvalue weighted by atomic mass is 10.1. The second-order valence-corrected chi connectivity index (χ2v) is 4.80. The largest absolute Gasteiger partial charge is 0.618 e. The van der Waals surface area contributed by atoms with Gasteiger partial charge in [-0.1, -0.05) is 18.2 Å². The topological polar surface area (TPSA) is 82.3 Å². The lowest BCUT2D eigenvalue weighted by molar-refractivity contribution is -0.608. The zero-order valence-electron chi connectivity index (χ0n) is 12.3. The Hall–Kier alpha value is -2.89. The van der Waals surface area contributed by atoms with Crippen molar-refractivity contribution < 1.29 is 19.1 Å². The average Bonchev–Trinajstić information content (AvgIpc) is 2.49. The SMILES string of the molecule is Cc1cccc(C)c1NC(=O)COC(=O)c1cccc[n+]1[O-]. The van der Waals surface area contributed by atoms with E-state index in [1.165, 1.54) is 18.3 Å². The second kappa shape index (κ2) is 6.71. The van der Waals surface area contributed by atoms with E-state index in [9.17, 15) is 14.8 Å². The van der Waals surface area contributed by atoms with Crippen LogP contribution in [0.15, 0.2) is 42.6 Å². The van der Waals surface area contributed by atoms with Gasteiger partial charge < -0.3 is 15.3 Å². The molecular formula is C16H16N2O4. The number of hydrogen-bond acceptors (Lipinski definition) is 4. The number of amides is 1.